The molecule has 1 aromatic heterocycles. The van der Waals surface area contributed by atoms with Crippen LogP contribution in [0.15, 0.2) is 46.7 Å². The molecule has 3 amide bonds. The molecule has 1 heterocycles. The summed E-state index contributed by atoms with van der Waals surface area (Å²) in [5.74, 6) is -0.126. The van der Waals surface area contributed by atoms with E-state index in [1.807, 2.05) is 22.2 Å². The van der Waals surface area contributed by atoms with Crippen molar-refractivity contribution < 1.29 is 53.7 Å². The maximum atomic E-state index is 12.4. The number of ether oxygens (including phenoxy) is 1. The van der Waals surface area contributed by atoms with E-state index in [0.717, 1.165) is 4.88 Å². The Morgan fingerprint density at radius 1 is 1.28 bits per heavy atom. The molecule has 152 valence electrons. The molecule has 8 nitrogen and oxygen atoms in total. The minimum atomic E-state index is -4.10. The van der Waals surface area contributed by atoms with Crippen molar-refractivity contribution in [3.05, 3.63) is 52.2 Å². The molecule has 11 heteroatoms. The quantitative estimate of drug-likeness (QED) is 0.350. The minimum Gasteiger partial charge on any atom is -1.00 e. The van der Waals surface area contributed by atoms with Gasteiger partial charge in [0.2, 0.25) is 5.91 Å². The van der Waals surface area contributed by atoms with Gasteiger partial charge in [0.1, 0.15) is 10.6 Å². The first-order valence-electron chi connectivity index (χ1n) is 8.26. The predicted molar refractivity (Wildman–Crippen MR) is 109 cm³/mol. The van der Waals surface area contributed by atoms with E-state index >= 15 is 0 Å². The number of nitrogens with one attached hydrogen (secondary N) is 3. The Morgan fingerprint density at radius 3 is 2.66 bits per heavy atom. The second-order valence-electron chi connectivity index (χ2n) is 5.56. The third-order valence-corrected chi connectivity index (χ3v) is 5.82. The maximum absolute atomic E-state index is 12.4. The zero-order valence-corrected chi connectivity index (χ0v) is 20.0. The molecule has 0 unspecified atom stereocenters. The number of benzene rings is 1. The van der Waals surface area contributed by atoms with Crippen LogP contribution in [0.3, 0.4) is 0 Å². The number of carbonyl (C=O) groups excluding carboxylic acids is 2. The van der Waals surface area contributed by atoms with Crippen LogP contribution in [0.4, 0.5) is 4.79 Å². The average Bonchev–Trinajstić information content (AvgIpc) is 3.19. The topological polar surface area (TPSA) is 114 Å². The number of rotatable bonds is 8. The van der Waals surface area contributed by atoms with E-state index in [4.69, 9.17) is 4.74 Å². The number of carbonyl (C=O) groups is 2. The third-order valence-electron chi connectivity index (χ3n) is 3.63. The molecular formula is C18H22N3NaO5S2. The zero-order chi connectivity index (χ0) is 20.6. The SMILES string of the molecule is CNC(=O)NS(=O)(=O)c1cc(CCNC(=O)C=Cc2cccs2)ccc1OC.[H-].[Na+]. The molecule has 0 saturated heterocycles. The smallest absolute Gasteiger partial charge is 1.00 e. The van der Waals surface area contributed by atoms with Gasteiger partial charge in [-0.05, 0) is 41.6 Å². The van der Waals surface area contributed by atoms with Crippen LogP contribution < -0.4 is 49.6 Å². The molecule has 0 atom stereocenters. The van der Waals surface area contributed by atoms with Crippen LogP contribution in [0.25, 0.3) is 6.08 Å². The molecule has 3 N–H and O–H groups in total. The van der Waals surface area contributed by atoms with Crippen LogP contribution in [0.5, 0.6) is 5.75 Å². The van der Waals surface area contributed by atoms with Crippen molar-refractivity contribution in [2.24, 2.45) is 0 Å². The summed E-state index contributed by atoms with van der Waals surface area (Å²) in [7, 11) is -1.44. The number of urea groups is 1. The molecule has 0 aliphatic carbocycles. The van der Waals surface area contributed by atoms with Gasteiger partial charge in [0.25, 0.3) is 10.0 Å². The van der Waals surface area contributed by atoms with Crippen molar-refractivity contribution in [3.8, 4) is 5.75 Å². The Kier molecular flexibility index (Phi) is 10.4. The molecule has 0 fully saturated rings. The number of methoxy groups -OCH3 is 1. The normalized spacial score (nSPS) is 10.8. The van der Waals surface area contributed by atoms with Gasteiger partial charge in [0, 0.05) is 24.5 Å². The third kappa shape index (κ3) is 7.82. The van der Waals surface area contributed by atoms with E-state index < -0.39 is 16.1 Å². The number of sulfonamides is 1. The first-order chi connectivity index (χ1) is 13.4. The van der Waals surface area contributed by atoms with E-state index in [1.54, 1.807) is 12.1 Å². The molecule has 2 rings (SSSR count). The summed E-state index contributed by atoms with van der Waals surface area (Å²) in [5.41, 5.74) is 0.667. The van der Waals surface area contributed by atoms with Crippen molar-refractivity contribution in [3.63, 3.8) is 0 Å². The van der Waals surface area contributed by atoms with Crippen molar-refractivity contribution in [2.75, 3.05) is 20.7 Å². The fraction of sp³-hybridized carbons (Fsp3) is 0.222. The van der Waals surface area contributed by atoms with Crippen molar-refractivity contribution in [2.45, 2.75) is 11.3 Å². The van der Waals surface area contributed by atoms with Crippen LogP contribution in [0, 0.1) is 0 Å². The molecule has 2 aromatic rings. The van der Waals surface area contributed by atoms with Gasteiger partial charge >= 0.3 is 35.6 Å². The molecular weight excluding hydrogens is 425 g/mol. The Balaban J connectivity index is 0.00000420. The summed E-state index contributed by atoms with van der Waals surface area (Å²) in [6, 6.07) is 7.57. The minimum absolute atomic E-state index is 0. The van der Waals surface area contributed by atoms with Gasteiger partial charge in [-0.2, -0.15) is 0 Å². The fourth-order valence-corrected chi connectivity index (χ4v) is 4.04. The van der Waals surface area contributed by atoms with Crippen LogP contribution in [-0.2, 0) is 21.2 Å². The van der Waals surface area contributed by atoms with Gasteiger partial charge in [-0.15, -0.1) is 11.3 Å². The first-order valence-corrected chi connectivity index (χ1v) is 10.6. The summed E-state index contributed by atoms with van der Waals surface area (Å²) < 4.78 is 31.7. The van der Waals surface area contributed by atoms with Crippen LogP contribution >= 0.6 is 11.3 Å². The summed E-state index contributed by atoms with van der Waals surface area (Å²) in [5, 5.41) is 6.85. The van der Waals surface area contributed by atoms with Crippen molar-refractivity contribution >= 4 is 39.4 Å². The summed E-state index contributed by atoms with van der Waals surface area (Å²) >= 11 is 1.53. The molecule has 0 bridgehead atoms. The number of hydrogen-bond acceptors (Lipinski definition) is 6. The van der Waals surface area contributed by atoms with Gasteiger partial charge in [-0.3, -0.25) is 4.79 Å². The van der Waals surface area contributed by atoms with Gasteiger partial charge in [-0.25, -0.2) is 17.9 Å². The van der Waals surface area contributed by atoms with E-state index in [0.29, 0.717) is 18.5 Å². The first kappa shape index (κ1) is 25.2. The van der Waals surface area contributed by atoms with E-state index in [2.05, 4.69) is 10.6 Å². The van der Waals surface area contributed by atoms with Crippen LogP contribution in [-0.4, -0.2) is 41.1 Å². The molecule has 0 spiro atoms. The van der Waals surface area contributed by atoms with Crippen molar-refractivity contribution in [1.29, 1.82) is 0 Å². The Labute approximate surface area is 197 Å². The maximum Gasteiger partial charge on any atom is 1.00 e. The van der Waals surface area contributed by atoms with Crippen LogP contribution in [0.2, 0.25) is 0 Å². The van der Waals surface area contributed by atoms with Gasteiger partial charge < -0.3 is 16.8 Å². The Bertz CT molecular complexity index is 966. The second-order valence-corrected chi connectivity index (χ2v) is 8.19. The van der Waals surface area contributed by atoms with E-state index in [1.165, 1.54) is 43.7 Å². The average molecular weight is 448 g/mol. The summed E-state index contributed by atoms with van der Waals surface area (Å²) in [6.07, 6.45) is 3.58. The molecule has 1 aromatic carbocycles. The predicted octanol–water partition coefficient (Wildman–Crippen LogP) is -1.14. The van der Waals surface area contributed by atoms with Crippen LogP contribution in [0.1, 0.15) is 11.9 Å². The standard InChI is InChI=1S/C18H21N3O5S2.Na.H/c1-19-18(23)21-28(24,25)16-12-13(5-7-15(16)26-2)9-10-20-17(22)8-6-14-4-3-11-27-14;;/h3-8,11-12H,9-10H2,1-2H3,(H,20,22)(H2,19,21,23);;/q;+1;-1. The largest absolute Gasteiger partial charge is 1.00 e. The molecule has 0 aliphatic heterocycles. The number of hydrogen-bond donors (Lipinski definition) is 3. The van der Waals surface area contributed by atoms with Gasteiger partial charge in [-0.1, -0.05) is 12.1 Å². The fourth-order valence-electron chi connectivity index (χ4n) is 2.25. The molecule has 0 aliphatic rings. The molecule has 29 heavy (non-hydrogen) atoms. The zero-order valence-electron chi connectivity index (χ0n) is 17.4. The Hall–Kier alpha value is -1.85. The summed E-state index contributed by atoms with van der Waals surface area (Å²) in [6.45, 7) is 0.322. The van der Waals surface area contributed by atoms with Gasteiger partial charge in [0.15, 0.2) is 0 Å². The van der Waals surface area contributed by atoms with Crippen molar-refractivity contribution in [1.82, 2.24) is 15.4 Å². The summed E-state index contributed by atoms with van der Waals surface area (Å²) in [4.78, 5) is 24.1. The Morgan fingerprint density at radius 2 is 2.03 bits per heavy atom. The number of thiophene rings is 1. The molecule has 0 saturated carbocycles. The second kappa shape index (κ2) is 12.0. The monoisotopic (exact) mass is 447 g/mol. The van der Waals surface area contributed by atoms with E-state index in [9.17, 15) is 18.0 Å². The van der Waals surface area contributed by atoms with Gasteiger partial charge in [0.05, 0.1) is 7.11 Å². The number of amides is 3. The molecule has 0 radical (unpaired) electrons. The van der Waals surface area contributed by atoms with E-state index in [-0.39, 0.29) is 47.5 Å².